The summed E-state index contributed by atoms with van der Waals surface area (Å²) in [7, 11) is 1.63. The van der Waals surface area contributed by atoms with Gasteiger partial charge >= 0.3 is 0 Å². The minimum Gasteiger partial charge on any atom is -0.493 e. The molecule has 1 heterocycles. The molecule has 0 spiro atoms. The molecule has 1 aliphatic carbocycles. The van der Waals surface area contributed by atoms with Crippen molar-refractivity contribution in [2.75, 3.05) is 7.11 Å². The van der Waals surface area contributed by atoms with Crippen molar-refractivity contribution in [3.8, 4) is 11.5 Å². The number of aryl methyl sites for hydroxylation is 1. The molecular formula is C25H27NO3S2. The molecule has 2 fully saturated rings. The molecule has 4 rings (SSSR count). The Morgan fingerprint density at radius 2 is 1.84 bits per heavy atom. The van der Waals surface area contributed by atoms with E-state index in [2.05, 4.69) is 31.2 Å². The van der Waals surface area contributed by atoms with E-state index in [1.807, 2.05) is 29.2 Å². The lowest BCUT2D eigenvalue weighted by Gasteiger charge is -2.29. The van der Waals surface area contributed by atoms with Crippen LogP contribution in [0.15, 0.2) is 47.4 Å². The van der Waals surface area contributed by atoms with Gasteiger partial charge in [0.05, 0.1) is 12.0 Å². The van der Waals surface area contributed by atoms with Crippen LogP contribution in [0.25, 0.3) is 6.08 Å². The van der Waals surface area contributed by atoms with Crippen LogP contribution in [0.4, 0.5) is 0 Å². The van der Waals surface area contributed by atoms with E-state index in [1.54, 1.807) is 7.11 Å². The molecule has 1 saturated carbocycles. The largest absolute Gasteiger partial charge is 0.493 e. The van der Waals surface area contributed by atoms with E-state index in [9.17, 15) is 4.79 Å². The van der Waals surface area contributed by atoms with Crippen molar-refractivity contribution >= 4 is 40.3 Å². The van der Waals surface area contributed by atoms with Crippen LogP contribution in [0.1, 0.15) is 48.8 Å². The van der Waals surface area contributed by atoms with Gasteiger partial charge < -0.3 is 9.47 Å². The first-order chi connectivity index (χ1) is 15.0. The summed E-state index contributed by atoms with van der Waals surface area (Å²) in [5.74, 6) is 1.35. The summed E-state index contributed by atoms with van der Waals surface area (Å²) in [6, 6.07) is 14.2. The second kappa shape index (κ2) is 9.88. The summed E-state index contributed by atoms with van der Waals surface area (Å²) >= 11 is 6.93. The van der Waals surface area contributed by atoms with E-state index in [0.29, 0.717) is 27.3 Å². The number of methoxy groups -OCH3 is 1. The highest BCUT2D eigenvalue weighted by Crippen LogP contribution is 2.38. The first-order valence-electron chi connectivity index (χ1n) is 10.7. The minimum atomic E-state index is 0.0283. The van der Waals surface area contributed by atoms with Gasteiger partial charge in [-0.2, -0.15) is 0 Å². The van der Waals surface area contributed by atoms with Crippen molar-refractivity contribution in [1.29, 1.82) is 0 Å². The third kappa shape index (κ3) is 5.13. The highest BCUT2D eigenvalue weighted by Gasteiger charge is 2.37. The number of nitrogens with zero attached hydrogens (tertiary/aromatic N) is 1. The Kier molecular flexibility index (Phi) is 6.98. The number of thiocarbonyl (C=S) groups is 1. The molecule has 1 aliphatic heterocycles. The van der Waals surface area contributed by atoms with Crippen molar-refractivity contribution < 1.29 is 14.3 Å². The van der Waals surface area contributed by atoms with Gasteiger partial charge in [0.2, 0.25) is 0 Å². The standard InChI is InChI=1S/C25H27NO3S2/c1-17-8-10-18(11-9-17)16-29-21-13-12-19(14-22(21)28-2)15-23-24(27)26(25(30)31-23)20-6-4-3-5-7-20/h8-15,20H,3-7,16H2,1-2H3/b23-15+. The molecule has 1 amide bonds. The maximum Gasteiger partial charge on any atom is 0.266 e. The Hall–Kier alpha value is -2.31. The molecule has 2 aromatic rings. The predicted octanol–water partition coefficient (Wildman–Crippen LogP) is 6.12. The number of hydrogen-bond acceptors (Lipinski definition) is 5. The van der Waals surface area contributed by atoms with Gasteiger partial charge in [-0.25, -0.2) is 0 Å². The number of carbonyl (C=O) groups excluding carboxylic acids is 1. The Morgan fingerprint density at radius 1 is 1.10 bits per heavy atom. The quantitative estimate of drug-likeness (QED) is 0.389. The van der Waals surface area contributed by atoms with E-state index in [-0.39, 0.29) is 11.9 Å². The molecule has 2 aromatic carbocycles. The minimum absolute atomic E-state index is 0.0283. The molecule has 162 valence electrons. The summed E-state index contributed by atoms with van der Waals surface area (Å²) < 4.78 is 12.2. The highest BCUT2D eigenvalue weighted by atomic mass is 32.2. The molecular weight excluding hydrogens is 426 g/mol. The fraction of sp³-hybridized carbons (Fsp3) is 0.360. The van der Waals surface area contributed by atoms with Gasteiger partial charge in [-0.3, -0.25) is 9.69 Å². The number of benzene rings is 2. The zero-order valence-corrected chi connectivity index (χ0v) is 19.6. The Labute approximate surface area is 193 Å². The number of ether oxygens (including phenoxy) is 2. The fourth-order valence-corrected chi connectivity index (χ4v) is 5.42. The Bertz CT molecular complexity index is 994. The van der Waals surface area contributed by atoms with Gasteiger partial charge in [0.25, 0.3) is 5.91 Å². The van der Waals surface area contributed by atoms with Crippen molar-refractivity contribution in [2.45, 2.75) is 51.7 Å². The molecule has 0 bridgehead atoms. The van der Waals surface area contributed by atoms with Crippen LogP contribution in [0.5, 0.6) is 11.5 Å². The van der Waals surface area contributed by atoms with Crippen LogP contribution < -0.4 is 9.47 Å². The van der Waals surface area contributed by atoms with Gasteiger partial charge in [0.15, 0.2) is 11.5 Å². The van der Waals surface area contributed by atoms with Crippen LogP contribution in [0.2, 0.25) is 0 Å². The third-order valence-electron chi connectivity index (χ3n) is 5.76. The van der Waals surface area contributed by atoms with Crippen LogP contribution in [0, 0.1) is 6.92 Å². The summed E-state index contributed by atoms with van der Waals surface area (Å²) in [5, 5.41) is 0. The molecule has 31 heavy (non-hydrogen) atoms. The van der Waals surface area contributed by atoms with Crippen molar-refractivity contribution in [1.82, 2.24) is 4.90 Å². The number of thioether (sulfide) groups is 1. The molecule has 0 atom stereocenters. The molecule has 0 aromatic heterocycles. The lowest BCUT2D eigenvalue weighted by Crippen LogP contribution is -2.39. The number of hydrogen-bond donors (Lipinski definition) is 0. The first kappa shape index (κ1) is 21.9. The number of rotatable bonds is 6. The van der Waals surface area contributed by atoms with Crippen LogP contribution in [0.3, 0.4) is 0 Å². The summed E-state index contributed by atoms with van der Waals surface area (Å²) in [5.41, 5.74) is 3.21. The van der Waals surface area contributed by atoms with Crippen LogP contribution in [-0.2, 0) is 11.4 Å². The zero-order chi connectivity index (χ0) is 21.8. The molecule has 4 nitrogen and oxygen atoms in total. The van der Waals surface area contributed by atoms with Gasteiger partial charge in [0, 0.05) is 6.04 Å². The number of carbonyl (C=O) groups is 1. The molecule has 0 N–H and O–H groups in total. The zero-order valence-electron chi connectivity index (χ0n) is 17.9. The van der Waals surface area contributed by atoms with E-state index in [0.717, 1.165) is 24.0 Å². The van der Waals surface area contributed by atoms with Crippen molar-refractivity contribution in [2.24, 2.45) is 0 Å². The average Bonchev–Trinajstić information content (AvgIpc) is 3.07. The van der Waals surface area contributed by atoms with E-state index < -0.39 is 0 Å². The summed E-state index contributed by atoms with van der Waals surface area (Å²) in [6.07, 6.45) is 7.57. The van der Waals surface area contributed by atoms with E-state index in [1.165, 1.54) is 36.6 Å². The predicted molar refractivity (Wildman–Crippen MR) is 130 cm³/mol. The highest BCUT2D eigenvalue weighted by molar-refractivity contribution is 8.26. The van der Waals surface area contributed by atoms with Crippen LogP contribution >= 0.6 is 24.0 Å². The lowest BCUT2D eigenvalue weighted by atomic mass is 9.94. The van der Waals surface area contributed by atoms with Gasteiger partial charge in [-0.15, -0.1) is 0 Å². The summed E-state index contributed by atoms with van der Waals surface area (Å²) in [6.45, 7) is 2.53. The average molecular weight is 454 g/mol. The van der Waals surface area contributed by atoms with Gasteiger partial charge in [0.1, 0.15) is 10.9 Å². The third-order valence-corrected chi connectivity index (χ3v) is 7.09. The normalized spacial score (nSPS) is 18.6. The van der Waals surface area contributed by atoms with E-state index >= 15 is 0 Å². The maximum atomic E-state index is 13.0. The van der Waals surface area contributed by atoms with Gasteiger partial charge in [-0.1, -0.05) is 79.1 Å². The Balaban J connectivity index is 1.48. The SMILES string of the molecule is COc1cc(/C=C2/SC(=S)N(C3CCCCC3)C2=O)ccc1OCc1ccc(C)cc1. The molecule has 6 heteroatoms. The lowest BCUT2D eigenvalue weighted by molar-refractivity contribution is -0.124. The topological polar surface area (TPSA) is 38.8 Å². The first-order valence-corrected chi connectivity index (χ1v) is 11.9. The number of amides is 1. The van der Waals surface area contributed by atoms with Gasteiger partial charge in [-0.05, 0) is 49.1 Å². The molecule has 0 radical (unpaired) electrons. The van der Waals surface area contributed by atoms with Crippen molar-refractivity contribution in [3.05, 3.63) is 64.1 Å². The summed E-state index contributed by atoms with van der Waals surface area (Å²) in [4.78, 5) is 15.5. The molecule has 0 unspecified atom stereocenters. The maximum absolute atomic E-state index is 13.0. The Morgan fingerprint density at radius 3 is 2.55 bits per heavy atom. The van der Waals surface area contributed by atoms with Crippen LogP contribution in [-0.4, -0.2) is 28.3 Å². The second-order valence-electron chi connectivity index (χ2n) is 8.03. The van der Waals surface area contributed by atoms with Crippen molar-refractivity contribution in [3.63, 3.8) is 0 Å². The molecule has 1 saturated heterocycles. The molecule has 2 aliphatic rings. The monoisotopic (exact) mass is 453 g/mol. The smallest absolute Gasteiger partial charge is 0.266 e. The fourth-order valence-electron chi connectivity index (χ4n) is 4.02. The second-order valence-corrected chi connectivity index (χ2v) is 9.70. The van der Waals surface area contributed by atoms with E-state index in [4.69, 9.17) is 21.7 Å².